The topological polar surface area (TPSA) is 91.5 Å². The normalized spacial score (nSPS) is 15.0. The number of amides is 2. The van der Waals surface area contributed by atoms with Crippen LogP contribution in [0.3, 0.4) is 0 Å². The Morgan fingerprint density at radius 3 is 2.38 bits per heavy atom. The first-order valence-corrected chi connectivity index (χ1v) is 9.38. The van der Waals surface area contributed by atoms with E-state index in [0.29, 0.717) is 23.5 Å². The van der Waals surface area contributed by atoms with E-state index in [1.54, 1.807) is 18.3 Å². The van der Waals surface area contributed by atoms with Crippen molar-refractivity contribution in [2.75, 3.05) is 18.0 Å². The Balaban J connectivity index is 0.00000136. The van der Waals surface area contributed by atoms with E-state index in [1.807, 2.05) is 39.8 Å². The van der Waals surface area contributed by atoms with Gasteiger partial charge in [-0.15, -0.1) is 0 Å². The number of nitrogens with one attached hydrogen (secondary N) is 2. The second kappa shape index (κ2) is 10.9. The van der Waals surface area contributed by atoms with E-state index >= 15 is 0 Å². The van der Waals surface area contributed by atoms with Gasteiger partial charge in [0.05, 0.1) is 18.8 Å². The second-order valence-corrected chi connectivity index (χ2v) is 6.42. The van der Waals surface area contributed by atoms with E-state index in [4.69, 9.17) is 4.74 Å². The van der Waals surface area contributed by atoms with E-state index in [0.717, 1.165) is 11.1 Å². The predicted octanol–water partition coefficient (Wildman–Crippen LogP) is 3.35. The smallest absolute Gasteiger partial charge is 0.414 e. The molecular weight excluding hydrogens is 409 g/mol. The molecule has 1 fully saturated rings. The summed E-state index contributed by atoms with van der Waals surface area (Å²) >= 11 is 0. The molecule has 1 radical (unpaired) electrons. The number of ketones is 1. The Morgan fingerprint density at radius 2 is 1.86 bits per heavy atom. The summed E-state index contributed by atoms with van der Waals surface area (Å²) in [6.07, 6.45) is 0.858. The van der Waals surface area contributed by atoms with E-state index in [1.165, 1.54) is 11.8 Å². The van der Waals surface area contributed by atoms with Crippen LogP contribution in [0.25, 0.3) is 0 Å². The predicted molar refractivity (Wildman–Crippen MR) is 108 cm³/mol. The van der Waals surface area contributed by atoms with Crippen LogP contribution in [-0.4, -0.2) is 42.0 Å². The first kappa shape index (κ1) is 24.5. The molecule has 0 saturated carbocycles. The quantitative estimate of drug-likeness (QED) is 0.704. The molecule has 3 rings (SSSR count). The van der Waals surface area contributed by atoms with Crippen LogP contribution < -0.4 is 10.2 Å². The largest absolute Gasteiger partial charge is 0.442 e. The number of carbonyl (C=O) groups is 3. The Bertz CT molecular complexity index is 842. The molecule has 2 heterocycles. The van der Waals surface area contributed by atoms with Gasteiger partial charge in [-0.1, -0.05) is 13.8 Å². The van der Waals surface area contributed by atoms with Crippen molar-refractivity contribution in [1.82, 2.24) is 10.3 Å². The van der Waals surface area contributed by atoms with E-state index < -0.39 is 12.2 Å². The maximum absolute atomic E-state index is 12.7. The van der Waals surface area contributed by atoms with Crippen molar-refractivity contribution in [2.45, 2.75) is 40.7 Å². The fourth-order valence-corrected chi connectivity index (χ4v) is 3.16. The molecule has 0 aliphatic carbocycles. The van der Waals surface area contributed by atoms with E-state index in [9.17, 15) is 14.4 Å². The van der Waals surface area contributed by atoms with Crippen LogP contribution in [0.5, 0.6) is 0 Å². The number of ether oxygens (including phenoxy) is 1. The van der Waals surface area contributed by atoms with E-state index in [-0.39, 0.29) is 36.8 Å². The molecule has 155 valence electrons. The summed E-state index contributed by atoms with van der Waals surface area (Å²) in [7, 11) is 0. The van der Waals surface area contributed by atoms with Gasteiger partial charge in [0, 0.05) is 42.9 Å². The molecule has 2 amide bonds. The minimum Gasteiger partial charge on any atom is -0.442 e. The average Bonchev–Trinajstić information content (AvgIpc) is 3.30. The number of aromatic nitrogens is 1. The van der Waals surface area contributed by atoms with Crippen molar-refractivity contribution >= 4 is 23.5 Å². The standard InChI is InChI=1S/C19H21N3O4.C2H6.V/c1-11-7-14(22-10-15(26-19(22)25)9-21-13(3)23)8-12(2)17(11)18(24)16-5-4-6-20-16;1-2;/h4-8,15,20H,9-10H2,1-3H3,(H,21,23);1-2H3;. The van der Waals surface area contributed by atoms with Crippen LogP contribution in [0.4, 0.5) is 10.5 Å². The van der Waals surface area contributed by atoms with Crippen molar-refractivity contribution < 1.29 is 37.7 Å². The van der Waals surface area contributed by atoms with Crippen molar-refractivity contribution in [3.8, 4) is 0 Å². The van der Waals surface area contributed by atoms with Crippen molar-refractivity contribution in [1.29, 1.82) is 0 Å². The Hall–Kier alpha value is -2.51. The summed E-state index contributed by atoms with van der Waals surface area (Å²) in [5.41, 5.74) is 3.41. The van der Waals surface area contributed by atoms with Gasteiger partial charge < -0.3 is 15.0 Å². The maximum atomic E-state index is 12.7. The van der Waals surface area contributed by atoms with Gasteiger partial charge in [-0.3, -0.25) is 14.5 Å². The Kier molecular flexibility index (Phi) is 9.20. The van der Waals surface area contributed by atoms with Crippen LogP contribution in [0.2, 0.25) is 0 Å². The summed E-state index contributed by atoms with van der Waals surface area (Å²) in [5.74, 6) is -0.248. The average molecular weight is 436 g/mol. The molecule has 7 nitrogen and oxygen atoms in total. The van der Waals surface area contributed by atoms with Gasteiger partial charge >= 0.3 is 6.09 Å². The number of nitrogens with zero attached hydrogens (tertiary/aromatic N) is 1. The number of cyclic esters (lactones) is 1. The minimum absolute atomic E-state index is 0. The number of aryl methyl sites for hydroxylation is 2. The van der Waals surface area contributed by atoms with Gasteiger partial charge in [-0.05, 0) is 49.2 Å². The minimum atomic E-state index is -0.456. The van der Waals surface area contributed by atoms with Crippen LogP contribution >= 0.6 is 0 Å². The molecule has 1 aromatic heterocycles. The number of hydrogen-bond donors (Lipinski definition) is 2. The molecule has 1 unspecified atom stereocenters. The summed E-state index contributed by atoms with van der Waals surface area (Å²) in [5, 5.41) is 2.65. The van der Waals surface area contributed by atoms with Crippen LogP contribution in [0.15, 0.2) is 30.5 Å². The third-order valence-electron chi connectivity index (χ3n) is 4.35. The summed E-state index contributed by atoms with van der Waals surface area (Å²) in [6.45, 7) is 9.74. The number of H-pyrrole nitrogens is 1. The fraction of sp³-hybridized carbons (Fsp3) is 0.381. The number of carbonyl (C=O) groups excluding carboxylic acids is 3. The zero-order valence-electron chi connectivity index (χ0n) is 17.4. The molecular formula is C21H27N3O4V. The first-order valence-electron chi connectivity index (χ1n) is 9.38. The van der Waals surface area contributed by atoms with Crippen molar-refractivity contribution in [3.63, 3.8) is 0 Å². The number of aromatic amines is 1. The second-order valence-electron chi connectivity index (χ2n) is 6.42. The van der Waals surface area contributed by atoms with Crippen LogP contribution in [0, 0.1) is 13.8 Å². The third kappa shape index (κ3) is 5.74. The van der Waals surface area contributed by atoms with Gasteiger partial charge in [0.25, 0.3) is 0 Å². The molecule has 2 N–H and O–H groups in total. The Labute approximate surface area is 183 Å². The van der Waals surface area contributed by atoms with Gasteiger partial charge in [0.1, 0.15) is 6.10 Å². The van der Waals surface area contributed by atoms with Crippen molar-refractivity contribution in [2.24, 2.45) is 0 Å². The molecule has 1 saturated heterocycles. The maximum Gasteiger partial charge on any atom is 0.414 e. The Morgan fingerprint density at radius 1 is 1.24 bits per heavy atom. The summed E-state index contributed by atoms with van der Waals surface area (Å²) < 4.78 is 5.30. The molecule has 1 aliphatic heterocycles. The number of hydrogen-bond acceptors (Lipinski definition) is 4. The number of rotatable bonds is 5. The number of anilines is 1. The summed E-state index contributed by atoms with van der Waals surface area (Å²) in [6, 6.07) is 7.14. The number of benzene rings is 1. The third-order valence-corrected chi connectivity index (χ3v) is 4.35. The fourth-order valence-electron chi connectivity index (χ4n) is 3.16. The molecule has 2 aromatic rings. The van der Waals surface area contributed by atoms with E-state index in [2.05, 4.69) is 10.3 Å². The van der Waals surface area contributed by atoms with Crippen LogP contribution in [-0.2, 0) is 28.1 Å². The van der Waals surface area contributed by atoms with Gasteiger partial charge in [0.2, 0.25) is 11.7 Å². The van der Waals surface area contributed by atoms with Gasteiger partial charge in [0.15, 0.2) is 0 Å². The monoisotopic (exact) mass is 436 g/mol. The van der Waals surface area contributed by atoms with Crippen molar-refractivity contribution in [3.05, 3.63) is 52.8 Å². The zero-order valence-corrected chi connectivity index (χ0v) is 18.8. The molecule has 8 heteroatoms. The molecule has 0 spiro atoms. The zero-order chi connectivity index (χ0) is 20.8. The van der Waals surface area contributed by atoms with Gasteiger partial charge in [-0.25, -0.2) is 4.79 Å². The molecule has 1 aromatic carbocycles. The molecule has 1 aliphatic rings. The van der Waals surface area contributed by atoms with Crippen LogP contribution in [0.1, 0.15) is 48.0 Å². The molecule has 0 bridgehead atoms. The van der Waals surface area contributed by atoms with Gasteiger partial charge in [-0.2, -0.15) is 0 Å². The SMILES string of the molecule is CC.CC(=O)NCC1CN(c2cc(C)c(C(=O)c3ccc[nH]3)c(C)c2)C(=O)O1.[V]. The molecule has 1 atom stereocenters. The first-order chi connectivity index (χ1) is 13.4. The molecule has 29 heavy (non-hydrogen) atoms. The summed E-state index contributed by atoms with van der Waals surface area (Å²) in [4.78, 5) is 40.3.